The lowest BCUT2D eigenvalue weighted by Gasteiger charge is -2.24. The number of fused-ring (bicyclic) bond motifs is 1. The molecule has 2 aromatic heterocycles. The summed E-state index contributed by atoms with van der Waals surface area (Å²) in [5, 5.41) is 3.18. The van der Waals surface area contributed by atoms with Crippen molar-refractivity contribution in [2.24, 2.45) is 5.92 Å². The van der Waals surface area contributed by atoms with E-state index in [1.165, 1.54) is 11.1 Å². The van der Waals surface area contributed by atoms with Crippen LogP contribution in [0.4, 0.5) is 0 Å². The third-order valence-corrected chi connectivity index (χ3v) is 6.27. The summed E-state index contributed by atoms with van der Waals surface area (Å²) in [6.07, 6.45) is 1.63. The molecule has 1 amide bonds. The molecule has 0 bridgehead atoms. The molecule has 35 heavy (non-hydrogen) atoms. The van der Waals surface area contributed by atoms with Gasteiger partial charge in [-0.2, -0.15) is 0 Å². The average Bonchev–Trinajstić information content (AvgIpc) is 3.19. The Labute approximate surface area is 207 Å². The summed E-state index contributed by atoms with van der Waals surface area (Å²) >= 11 is 0. The maximum Gasteiger partial charge on any atom is 0.270 e. The van der Waals surface area contributed by atoms with Gasteiger partial charge in [0.05, 0.1) is 24.2 Å². The lowest BCUT2D eigenvalue weighted by Crippen LogP contribution is -2.34. The number of aromatic nitrogens is 3. The van der Waals surface area contributed by atoms with Crippen molar-refractivity contribution in [2.75, 3.05) is 7.11 Å². The molecule has 0 aliphatic heterocycles. The van der Waals surface area contributed by atoms with E-state index in [1.54, 1.807) is 25.4 Å². The number of imidazole rings is 1. The summed E-state index contributed by atoms with van der Waals surface area (Å²) < 4.78 is 7.69. The highest BCUT2D eigenvalue weighted by atomic mass is 16.5. The Kier molecular flexibility index (Phi) is 6.92. The minimum absolute atomic E-state index is 0.0945. The minimum atomic E-state index is -0.295. The molecule has 0 radical (unpaired) electrons. The number of ether oxygens (including phenoxy) is 1. The zero-order valence-electron chi connectivity index (χ0n) is 21.4. The summed E-state index contributed by atoms with van der Waals surface area (Å²) in [7, 11) is 1.66. The van der Waals surface area contributed by atoms with Gasteiger partial charge in [-0.05, 0) is 46.7 Å². The van der Waals surface area contributed by atoms with Gasteiger partial charge in [-0.15, -0.1) is 0 Å². The number of hydrogen-bond acceptors (Lipinski definition) is 4. The number of nitrogens with zero attached hydrogens (tertiary/aromatic N) is 3. The van der Waals surface area contributed by atoms with E-state index in [2.05, 4.69) is 73.8 Å². The molecule has 1 unspecified atom stereocenters. The first-order chi connectivity index (χ1) is 16.7. The van der Waals surface area contributed by atoms with Crippen LogP contribution in [-0.2, 0) is 12.0 Å². The van der Waals surface area contributed by atoms with Gasteiger partial charge in [0.2, 0.25) is 0 Å². The second-order valence-electron chi connectivity index (χ2n) is 10.3. The SMILES string of the molecule is COc1ccc2nc(C(NC(=O)c3ccccn3)C(C)C)n(Cc3ccc(C(C)(C)C)cc3)c2c1. The van der Waals surface area contributed by atoms with Gasteiger partial charge in [0.15, 0.2) is 0 Å². The number of carbonyl (C=O) groups excluding carboxylic acids is 1. The summed E-state index contributed by atoms with van der Waals surface area (Å²) in [5.41, 5.74) is 4.78. The third-order valence-electron chi connectivity index (χ3n) is 6.27. The number of benzene rings is 2. The number of carbonyl (C=O) groups is 1. The van der Waals surface area contributed by atoms with Crippen molar-refractivity contribution in [3.8, 4) is 5.75 Å². The van der Waals surface area contributed by atoms with E-state index in [0.29, 0.717) is 12.2 Å². The fraction of sp³-hybridized carbons (Fsp3) is 0.345. The zero-order valence-corrected chi connectivity index (χ0v) is 21.4. The van der Waals surface area contributed by atoms with Crippen LogP contribution in [-0.4, -0.2) is 27.6 Å². The van der Waals surface area contributed by atoms with Crippen LogP contribution in [0.1, 0.15) is 68.1 Å². The lowest BCUT2D eigenvalue weighted by atomic mass is 9.87. The highest BCUT2D eigenvalue weighted by Gasteiger charge is 2.26. The van der Waals surface area contributed by atoms with Gasteiger partial charge < -0.3 is 14.6 Å². The molecule has 1 N–H and O–H groups in total. The number of rotatable bonds is 7. The van der Waals surface area contributed by atoms with E-state index >= 15 is 0 Å². The second kappa shape index (κ2) is 9.90. The van der Waals surface area contributed by atoms with Crippen LogP contribution in [0.2, 0.25) is 0 Å². The Hall–Kier alpha value is -3.67. The predicted molar refractivity (Wildman–Crippen MR) is 140 cm³/mol. The van der Waals surface area contributed by atoms with Gasteiger partial charge in [-0.1, -0.05) is 65.0 Å². The van der Waals surface area contributed by atoms with Crippen molar-refractivity contribution >= 4 is 16.9 Å². The van der Waals surface area contributed by atoms with Crippen LogP contribution in [0.3, 0.4) is 0 Å². The standard InChI is InChI=1S/C29H34N4O2/c1-19(2)26(32-28(34)24-9-7-8-16-30-24)27-31-23-15-14-22(35-6)17-25(23)33(27)18-20-10-12-21(13-11-20)29(3,4)5/h7-17,19,26H,18H2,1-6H3,(H,32,34). The lowest BCUT2D eigenvalue weighted by molar-refractivity contribution is 0.0917. The molecule has 0 aliphatic carbocycles. The van der Waals surface area contributed by atoms with Crippen LogP contribution in [0, 0.1) is 5.92 Å². The Bertz CT molecular complexity index is 1300. The summed E-state index contributed by atoms with van der Waals surface area (Å²) in [5.74, 6) is 1.48. The number of methoxy groups -OCH3 is 1. The molecule has 0 saturated carbocycles. The van der Waals surface area contributed by atoms with E-state index in [0.717, 1.165) is 22.6 Å². The summed E-state index contributed by atoms with van der Waals surface area (Å²) in [6, 6.07) is 19.7. The third kappa shape index (κ3) is 5.37. The van der Waals surface area contributed by atoms with Gasteiger partial charge in [-0.25, -0.2) is 4.98 Å². The van der Waals surface area contributed by atoms with Crippen molar-refractivity contribution in [2.45, 2.75) is 52.6 Å². The van der Waals surface area contributed by atoms with E-state index in [1.807, 2.05) is 24.3 Å². The van der Waals surface area contributed by atoms with Gasteiger partial charge in [0, 0.05) is 18.8 Å². The number of pyridine rings is 1. The molecule has 4 aromatic rings. The quantitative estimate of drug-likeness (QED) is 0.364. The minimum Gasteiger partial charge on any atom is -0.497 e. The van der Waals surface area contributed by atoms with Crippen molar-refractivity contribution < 1.29 is 9.53 Å². The van der Waals surface area contributed by atoms with E-state index in [4.69, 9.17) is 9.72 Å². The Morgan fingerprint density at radius 1 is 1.06 bits per heavy atom. The highest BCUT2D eigenvalue weighted by Crippen LogP contribution is 2.30. The fourth-order valence-corrected chi connectivity index (χ4v) is 4.19. The molecular weight excluding hydrogens is 436 g/mol. The molecule has 0 fully saturated rings. The maximum absolute atomic E-state index is 13.0. The van der Waals surface area contributed by atoms with Crippen LogP contribution in [0.15, 0.2) is 66.9 Å². The normalized spacial score (nSPS) is 12.7. The van der Waals surface area contributed by atoms with Crippen LogP contribution < -0.4 is 10.1 Å². The van der Waals surface area contributed by atoms with Crippen molar-refractivity contribution in [3.05, 3.63) is 89.5 Å². The van der Waals surface area contributed by atoms with Crippen LogP contribution in [0.25, 0.3) is 11.0 Å². The van der Waals surface area contributed by atoms with E-state index in [9.17, 15) is 4.79 Å². The molecule has 0 aliphatic rings. The Morgan fingerprint density at radius 3 is 2.40 bits per heavy atom. The van der Waals surface area contributed by atoms with E-state index in [-0.39, 0.29) is 23.3 Å². The number of amides is 1. The van der Waals surface area contributed by atoms with Crippen molar-refractivity contribution in [1.82, 2.24) is 19.9 Å². The smallest absolute Gasteiger partial charge is 0.270 e. The molecule has 0 spiro atoms. The first-order valence-electron chi connectivity index (χ1n) is 12.0. The summed E-state index contributed by atoms with van der Waals surface area (Å²) in [4.78, 5) is 22.2. The fourth-order valence-electron chi connectivity index (χ4n) is 4.19. The molecule has 2 heterocycles. The van der Waals surface area contributed by atoms with Crippen molar-refractivity contribution in [1.29, 1.82) is 0 Å². The van der Waals surface area contributed by atoms with Gasteiger partial charge >= 0.3 is 0 Å². The van der Waals surface area contributed by atoms with Gasteiger partial charge in [0.1, 0.15) is 17.3 Å². The Balaban J connectivity index is 1.77. The average molecular weight is 471 g/mol. The second-order valence-corrected chi connectivity index (χ2v) is 10.3. The largest absolute Gasteiger partial charge is 0.497 e. The van der Waals surface area contributed by atoms with Gasteiger partial charge in [-0.3, -0.25) is 9.78 Å². The Morgan fingerprint density at radius 2 is 1.80 bits per heavy atom. The topological polar surface area (TPSA) is 69.0 Å². The van der Waals surface area contributed by atoms with Crippen molar-refractivity contribution in [3.63, 3.8) is 0 Å². The van der Waals surface area contributed by atoms with Crippen LogP contribution in [0.5, 0.6) is 5.75 Å². The number of nitrogens with one attached hydrogen (secondary N) is 1. The first kappa shape index (κ1) is 24.5. The van der Waals surface area contributed by atoms with E-state index < -0.39 is 0 Å². The molecule has 1 atom stereocenters. The molecule has 182 valence electrons. The molecule has 0 saturated heterocycles. The predicted octanol–water partition coefficient (Wildman–Crippen LogP) is 5.91. The number of hydrogen-bond donors (Lipinski definition) is 1. The van der Waals surface area contributed by atoms with Crippen LogP contribution >= 0.6 is 0 Å². The molecular formula is C29H34N4O2. The highest BCUT2D eigenvalue weighted by molar-refractivity contribution is 5.92. The zero-order chi connectivity index (χ0) is 25.2. The maximum atomic E-state index is 13.0. The molecule has 2 aromatic carbocycles. The van der Waals surface area contributed by atoms with Gasteiger partial charge in [0.25, 0.3) is 5.91 Å². The summed E-state index contributed by atoms with van der Waals surface area (Å²) in [6.45, 7) is 11.5. The molecule has 6 heteroatoms. The monoisotopic (exact) mass is 470 g/mol. The molecule has 6 nitrogen and oxygen atoms in total. The molecule has 4 rings (SSSR count). The first-order valence-corrected chi connectivity index (χ1v) is 12.0.